The molecule has 2 N–H and O–H groups in total. The lowest BCUT2D eigenvalue weighted by Crippen LogP contribution is -2.12. The average Bonchev–Trinajstić information content (AvgIpc) is 2.84. The molecule has 1 aromatic heterocycles. The van der Waals surface area contributed by atoms with E-state index in [1.165, 1.54) is 5.56 Å². The number of furan rings is 1. The molecule has 0 radical (unpaired) electrons. The van der Waals surface area contributed by atoms with Crippen molar-refractivity contribution in [3.8, 4) is 0 Å². The molecule has 102 valence electrons. The van der Waals surface area contributed by atoms with Gasteiger partial charge in [-0.25, -0.2) is 0 Å². The van der Waals surface area contributed by atoms with Crippen LogP contribution in [0.1, 0.15) is 17.4 Å². The van der Waals surface area contributed by atoms with Gasteiger partial charge in [-0.3, -0.25) is 0 Å². The van der Waals surface area contributed by atoms with E-state index < -0.39 is 0 Å². The second-order valence-electron chi connectivity index (χ2n) is 4.75. The van der Waals surface area contributed by atoms with Crippen molar-refractivity contribution in [2.75, 3.05) is 0 Å². The first-order valence-electron chi connectivity index (χ1n) is 6.31. The average molecular weight is 351 g/mol. The molecule has 0 saturated carbocycles. The number of rotatable bonds is 3. The Balaban J connectivity index is 1.89. The van der Waals surface area contributed by atoms with Gasteiger partial charge in [-0.05, 0) is 36.2 Å². The Labute approximate surface area is 130 Å². The van der Waals surface area contributed by atoms with Crippen molar-refractivity contribution in [2.45, 2.75) is 12.5 Å². The number of nitrogens with two attached hydrogens (primary N) is 1. The van der Waals surface area contributed by atoms with E-state index >= 15 is 0 Å². The van der Waals surface area contributed by atoms with Crippen LogP contribution in [0.25, 0.3) is 11.0 Å². The summed E-state index contributed by atoms with van der Waals surface area (Å²) in [4.78, 5) is 0. The third kappa shape index (κ3) is 2.75. The molecule has 20 heavy (non-hydrogen) atoms. The van der Waals surface area contributed by atoms with Crippen molar-refractivity contribution >= 4 is 38.5 Å². The first kappa shape index (κ1) is 13.7. The van der Waals surface area contributed by atoms with Gasteiger partial charge < -0.3 is 10.2 Å². The molecule has 1 atom stereocenters. The maximum atomic E-state index is 6.24. The zero-order chi connectivity index (χ0) is 14.1. The molecule has 3 aromatic rings. The van der Waals surface area contributed by atoms with E-state index in [2.05, 4.69) is 28.1 Å². The van der Waals surface area contributed by atoms with E-state index in [-0.39, 0.29) is 6.04 Å². The fraction of sp³-hybridized carbons (Fsp3) is 0.125. The lowest BCUT2D eigenvalue weighted by Gasteiger charge is -2.08. The summed E-state index contributed by atoms with van der Waals surface area (Å²) in [6, 6.07) is 15.6. The Bertz CT molecular complexity index is 753. The summed E-state index contributed by atoms with van der Waals surface area (Å²) >= 11 is 9.58. The number of hydrogen-bond donors (Lipinski definition) is 1. The predicted octanol–water partition coefficient (Wildman–Crippen LogP) is 5.09. The minimum Gasteiger partial charge on any atom is -0.458 e. The van der Waals surface area contributed by atoms with Gasteiger partial charge >= 0.3 is 0 Å². The third-order valence-corrected chi connectivity index (χ3v) is 4.02. The monoisotopic (exact) mass is 349 g/mol. The largest absolute Gasteiger partial charge is 0.458 e. The summed E-state index contributed by atoms with van der Waals surface area (Å²) in [5, 5.41) is 1.60. The van der Waals surface area contributed by atoms with Gasteiger partial charge in [0.25, 0.3) is 0 Å². The van der Waals surface area contributed by atoms with Crippen LogP contribution in [0, 0.1) is 0 Å². The van der Waals surface area contributed by atoms with Crippen molar-refractivity contribution in [1.29, 1.82) is 0 Å². The van der Waals surface area contributed by atoms with Gasteiger partial charge in [-0.15, -0.1) is 0 Å². The SMILES string of the molecule is NC(Cc1cccc(Br)c1)c1cc2cccc(Cl)c2o1. The summed E-state index contributed by atoms with van der Waals surface area (Å²) in [7, 11) is 0. The Hall–Kier alpha value is -1.29. The summed E-state index contributed by atoms with van der Waals surface area (Å²) < 4.78 is 6.85. The smallest absolute Gasteiger partial charge is 0.152 e. The van der Waals surface area contributed by atoms with Crippen molar-refractivity contribution in [1.82, 2.24) is 0 Å². The number of benzene rings is 2. The molecular weight excluding hydrogens is 338 g/mol. The molecule has 0 amide bonds. The van der Waals surface area contributed by atoms with Gasteiger partial charge in [-0.2, -0.15) is 0 Å². The van der Waals surface area contributed by atoms with Crippen molar-refractivity contribution in [2.24, 2.45) is 5.73 Å². The van der Waals surface area contributed by atoms with Gasteiger partial charge in [0.05, 0.1) is 11.1 Å². The normalized spacial score (nSPS) is 12.8. The standard InChI is InChI=1S/C16H13BrClNO/c17-12-5-1-3-10(7-12)8-14(19)15-9-11-4-2-6-13(18)16(11)20-15/h1-7,9,14H,8,19H2. The molecule has 0 aliphatic rings. The van der Waals surface area contributed by atoms with Crippen LogP contribution >= 0.6 is 27.5 Å². The quantitative estimate of drug-likeness (QED) is 0.714. The molecule has 3 rings (SSSR count). The molecule has 0 spiro atoms. The topological polar surface area (TPSA) is 39.2 Å². The molecular formula is C16H13BrClNO. The maximum Gasteiger partial charge on any atom is 0.152 e. The van der Waals surface area contributed by atoms with Crippen molar-refractivity contribution < 1.29 is 4.42 Å². The molecule has 2 nitrogen and oxygen atoms in total. The zero-order valence-corrected chi connectivity index (χ0v) is 13.0. The van der Waals surface area contributed by atoms with E-state index in [1.807, 2.05) is 36.4 Å². The van der Waals surface area contributed by atoms with E-state index in [1.54, 1.807) is 0 Å². The van der Waals surface area contributed by atoms with Gasteiger partial charge in [0, 0.05) is 9.86 Å². The molecule has 4 heteroatoms. The van der Waals surface area contributed by atoms with E-state index in [0.717, 1.165) is 22.0 Å². The first-order chi connectivity index (χ1) is 9.63. The Morgan fingerprint density at radius 3 is 2.70 bits per heavy atom. The fourth-order valence-corrected chi connectivity index (χ4v) is 2.92. The van der Waals surface area contributed by atoms with Crippen LogP contribution in [0.15, 0.2) is 57.4 Å². The Morgan fingerprint density at radius 1 is 1.15 bits per heavy atom. The minimum atomic E-state index is -0.187. The number of fused-ring (bicyclic) bond motifs is 1. The van der Waals surface area contributed by atoms with Gasteiger partial charge in [0.2, 0.25) is 0 Å². The van der Waals surface area contributed by atoms with Crippen LogP contribution in [-0.4, -0.2) is 0 Å². The molecule has 2 aromatic carbocycles. The predicted molar refractivity (Wildman–Crippen MR) is 86.0 cm³/mol. The lowest BCUT2D eigenvalue weighted by atomic mass is 10.0. The van der Waals surface area contributed by atoms with Crippen LogP contribution in [0.4, 0.5) is 0 Å². The van der Waals surface area contributed by atoms with E-state index in [9.17, 15) is 0 Å². The van der Waals surface area contributed by atoms with Gasteiger partial charge in [0.1, 0.15) is 5.76 Å². The van der Waals surface area contributed by atoms with Crippen LogP contribution in [0.2, 0.25) is 5.02 Å². The molecule has 0 aliphatic heterocycles. The van der Waals surface area contributed by atoms with E-state index in [4.69, 9.17) is 21.8 Å². The highest BCUT2D eigenvalue weighted by atomic mass is 79.9. The highest BCUT2D eigenvalue weighted by molar-refractivity contribution is 9.10. The summed E-state index contributed by atoms with van der Waals surface area (Å²) in [6.07, 6.45) is 0.719. The highest BCUT2D eigenvalue weighted by Crippen LogP contribution is 2.30. The third-order valence-electron chi connectivity index (χ3n) is 3.23. The summed E-state index contributed by atoms with van der Waals surface area (Å²) in [5.74, 6) is 0.757. The summed E-state index contributed by atoms with van der Waals surface area (Å²) in [5.41, 5.74) is 8.11. The van der Waals surface area contributed by atoms with Gasteiger partial charge in [-0.1, -0.05) is 51.8 Å². The molecule has 0 saturated heterocycles. The maximum absolute atomic E-state index is 6.24. The second-order valence-corrected chi connectivity index (χ2v) is 6.07. The molecule has 0 bridgehead atoms. The fourth-order valence-electron chi connectivity index (χ4n) is 2.25. The summed E-state index contributed by atoms with van der Waals surface area (Å²) in [6.45, 7) is 0. The number of para-hydroxylation sites is 1. The van der Waals surface area contributed by atoms with Crippen molar-refractivity contribution in [3.05, 3.63) is 69.3 Å². The van der Waals surface area contributed by atoms with Crippen LogP contribution in [0.5, 0.6) is 0 Å². The molecule has 0 fully saturated rings. The second kappa shape index (κ2) is 5.60. The van der Waals surface area contributed by atoms with Crippen molar-refractivity contribution in [3.63, 3.8) is 0 Å². The Morgan fingerprint density at radius 2 is 1.95 bits per heavy atom. The van der Waals surface area contributed by atoms with E-state index in [0.29, 0.717) is 10.6 Å². The number of halogens is 2. The van der Waals surface area contributed by atoms with Gasteiger partial charge in [0.15, 0.2) is 5.58 Å². The van der Waals surface area contributed by atoms with Crippen LogP contribution in [0.3, 0.4) is 0 Å². The highest BCUT2D eigenvalue weighted by Gasteiger charge is 2.14. The zero-order valence-electron chi connectivity index (χ0n) is 10.6. The lowest BCUT2D eigenvalue weighted by molar-refractivity contribution is 0.494. The Kier molecular flexibility index (Phi) is 3.83. The van der Waals surface area contributed by atoms with Crippen LogP contribution < -0.4 is 5.73 Å². The number of hydrogen-bond acceptors (Lipinski definition) is 2. The minimum absolute atomic E-state index is 0.187. The first-order valence-corrected chi connectivity index (χ1v) is 7.48. The molecule has 0 aliphatic carbocycles. The molecule has 1 unspecified atom stereocenters. The molecule has 1 heterocycles. The van der Waals surface area contributed by atoms with Crippen LogP contribution in [-0.2, 0) is 6.42 Å².